The Kier molecular flexibility index (Phi) is 4.48. The standard InChI is InChI=1S/C13H20N4O3S/c1-10-8-13(18)14-6-7-17(10)21(19,20)11-4-5-12(15-9-11)16(2)3/h4-5,9-10H,6-8H2,1-3H3,(H,14,18). The van der Waals surface area contributed by atoms with Crippen LogP contribution in [0.25, 0.3) is 0 Å². The number of pyridine rings is 1. The molecule has 1 aliphatic heterocycles. The number of rotatable bonds is 3. The van der Waals surface area contributed by atoms with Gasteiger partial charge in [-0.3, -0.25) is 4.79 Å². The Morgan fingerprint density at radius 3 is 2.67 bits per heavy atom. The summed E-state index contributed by atoms with van der Waals surface area (Å²) in [7, 11) is 0.0356. The number of amides is 1. The third-order valence-electron chi connectivity index (χ3n) is 3.41. The van der Waals surface area contributed by atoms with Crippen LogP contribution in [0.4, 0.5) is 5.82 Å². The number of aromatic nitrogens is 1. The summed E-state index contributed by atoms with van der Waals surface area (Å²) in [5.74, 6) is 0.566. The van der Waals surface area contributed by atoms with Crippen molar-refractivity contribution in [1.29, 1.82) is 0 Å². The van der Waals surface area contributed by atoms with Gasteiger partial charge in [-0.1, -0.05) is 0 Å². The first-order valence-electron chi connectivity index (χ1n) is 6.74. The molecule has 8 heteroatoms. The molecule has 2 rings (SSSR count). The Hall–Kier alpha value is -1.67. The van der Waals surface area contributed by atoms with Gasteiger partial charge in [0.05, 0.1) is 0 Å². The van der Waals surface area contributed by atoms with E-state index in [1.165, 1.54) is 10.5 Å². The molecule has 21 heavy (non-hydrogen) atoms. The van der Waals surface area contributed by atoms with Gasteiger partial charge < -0.3 is 10.2 Å². The number of nitrogens with zero attached hydrogens (tertiary/aromatic N) is 3. The molecule has 1 aliphatic rings. The first-order valence-corrected chi connectivity index (χ1v) is 8.18. The maximum atomic E-state index is 12.7. The minimum Gasteiger partial charge on any atom is -0.363 e. The number of hydrogen-bond donors (Lipinski definition) is 1. The van der Waals surface area contributed by atoms with E-state index < -0.39 is 10.0 Å². The first kappa shape index (κ1) is 15.7. The van der Waals surface area contributed by atoms with Gasteiger partial charge in [-0.2, -0.15) is 4.31 Å². The third-order valence-corrected chi connectivity index (χ3v) is 5.41. The zero-order valence-electron chi connectivity index (χ0n) is 12.4. The summed E-state index contributed by atoms with van der Waals surface area (Å²) in [6.45, 7) is 2.33. The highest BCUT2D eigenvalue weighted by Gasteiger charge is 2.32. The Balaban J connectivity index is 2.30. The molecule has 1 N–H and O–H groups in total. The molecular weight excluding hydrogens is 292 g/mol. The molecule has 7 nitrogen and oxygen atoms in total. The quantitative estimate of drug-likeness (QED) is 0.852. The van der Waals surface area contributed by atoms with E-state index in [0.29, 0.717) is 12.4 Å². The SMILES string of the molecule is CC1CC(=O)NCCN1S(=O)(=O)c1ccc(N(C)C)nc1. The maximum Gasteiger partial charge on any atom is 0.244 e. The molecular formula is C13H20N4O3S. The van der Waals surface area contributed by atoms with Gasteiger partial charge in [0.1, 0.15) is 10.7 Å². The van der Waals surface area contributed by atoms with Crippen LogP contribution in [0.1, 0.15) is 13.3 Å². The van der Waals surface area contributed by atoms with Crippen molar-refractivity contribution in [2.24, 2.45) is 0 Å². The van der Waals surface area contributed by atoms with Crippen molar-refractivity contribution in [3.8, 4) is 0 Å². The van der Waals surface area contributed by atoms with Gasteiger partial charge in [-0.05, 0) is 19.1 Å². The van der Waals surface area contributed by atoms with Crippen LogP contribution in [0.2, 0.25) is 0 Å². The van der Waals surface area contributed by atoms with Crippen LogP contribution < -0.4 is 10.2 Å². The van der Waals surface area contributed by atoms with E-state index in [-0.39, 0.29) is 29.8 Å². The van der Waals surface area contributed by atoms with Gasteiger partial charge in [0.25, 0.3) is 0 Å². The smallest absolute Gasteiger partial charge is 0.244 e. The third kappa shape index (κ3) is 3.33. The van der Waals surface area contributed by atoms with E-state index in [1.807, 2.05) is 14.1 Å². The molecule has 116 valence electrons. The van der Waals surface area contributed by atoms with Crippen molar-refractivity contribution >= 4 is 21.7 Å². The van der Waals surface area contributed by atoms with Crippen molar-refractivity contribution < 1.29 is 13.2 Å². The Morgan fingerprint density at radius 1 is 1.38 bits per heavy atom. The molecule has 1 aromatic heterocycles. The molecule has 0 saturated carbocycles. The average molecular weight is 312 g/mol. The lowest BCUT2D eigenvalue weighted by atomic mass is 10.2. The zero-order valence-corrected chi connectivity index (χ0v) is 13.2. The highest BCUT2D eigenvalue weighted by Crippen LogP contribution is 2.21. The second-order valence-electron chi connectivity index (χ2n) is 5.27. The van der Waals surface area contributed by atoms with Crippen molar-refractivity contribution in [3.63, 3.8) is 0 Å². The van der Waals surface area contributed by atoms with Gasteiger partial charge in [0, 0.05) is 45.8 Å². The van der Waals surface area contributed by atoms with Crippen molar-refractivity contribution in [2.45, 2.75) is 24.3 Å². The molecule has 1 atom stereocenters. The van der Waals surface area contributed by atoms with Crippen molar-refractivity contribution in [1.82, 2.24) is 14.6 Å². The molecule has 1 amide bonds. The molecule has 1 unspecified atom stereocenters. The monoisotopic (exact) mass is 312 g/mol. The van der Waals surface area contributed by atoms with Crippen LogP contribution in [-0.2, 0) is 14.8 Å². The van der Waals surface area contributed by atoms with E-state index in [4.69, 9.17) is 0 Å². The molecule has 0 spiro atoms. The van der Waals surface area contributed by atoms with Crippen LogP contribution in [0, 0.1) is 0 Å². The van der Waals surface area contributed by atoms with Crippen molar-refractivity contribution in [3.05, 3.63) is 18.3 Å². The van der Waals surface area contributed by atoms with Crippen LogP contribution in [0.15, 0.2) is 23.2 Å². The topological polar surface area (TPSA) is 82.6 Å². The normalized spacial score (nSPS) is 20.7. The summed E-state index contributed by atoms with van der Waals surface area (Å²) in [5.41, 5.74) is 0. The number of carbonyl (C=O) groups is 1. The summed E-state index contributed by atoms with van der Waals surface area (Å²) in [5, 5.41) is 2.69. The largest absolute Gasteiger partial charge is 0.363 e. The lowest BCUT2D eigenvalue weighted by Gasteiger charge is -2.25. The second kappa shape index (κ2) is 5.98. The number of hydrogen-bond acceptors (Lipinski definition) is 5. The minimum absolute atomic E-state index is 0.124. The maximum absolute atomic E-state index is 12.7. The van der Waals surface area contributed by atoms with Crippen LogP contribution in [-0.4, -0.2) is 56.8 Å². The number of carbonyl (C=O) groups excluding carboxylic acids is 1. The zero-order chi connectivity index (χ0) is 15.6. The van der Waals surface area contributed by atoms with E-state index in [2.05, 4.69) is 10.3 Å². The van der Waals surface area contributed by atoms with E-state index in [1.54, 1.807) is 24.0 Å². The van der Waals surface area contributed by atoms with Gasteiger partial charge in [-0.25, -0.2) is 13.4 Å². The van der Waals surface area contributed by atoms with Gasteiger partial charge in [0.15, 0.2) is 0 Å². The molecule has 2 heterocycles. The van der Waals surface area contributed by atoms with Gasteiger partial charge in [0.2, 0.25) is 15.9 Å². The Labute approximate surface area is 125 Å². The summed E-state index contributed by atoms with van der Waals surface area (Å²) < 4.78 is 26.7. The predicted molar refractivity (Wildman–Crippen MR) is 79.5 cm³/mol. The fourth-order valence-electron chi connectivity index (χ4n) is 2.25. The lowest BCUT2D eigenvalue weighted by molar-refractivity contribution is -0.121. The molecule has 1 aromatic rings. The van der Waals surface area contributed by atoms with Crippen LogP contribution in [0.3, 0.4) is 0 Å². The molecule has 0 aromatic carbocycles. The first-order chi connectivity index (χ1) is 9.82. The average Bonchev–Trinajstić information content (AvgIpc) is 2.59. The summed E-state index contributed by atoms with van der Waals surface area (Å²) in [4.78, 5) is 17.6. The summed E-state index contributed by atoms with van der Waals surface area (Å²) in [6.07, 6.45) is 1.53. The summed E-state index contributed by atoms with van der Waals surface area (Å²) >= 11 is 0. The van der Waals surface area contributed by atoms with Crippen LogP contribution >= 0.6 is 0 Å². The molecule has 0 bridgehead atoms. The Morgan fingerprint density at radius 2 is 2.10 bits per heavy atom. The fourth-order valence-corrected chi connectivity index (χ4v) is 3.83. The lowest BCUT2D eigenvalue weighted by Crippen LogP contribution is -2.39. The fraction of sp³-hybridized carbons (Fsp3) is 0.538. The molecule has 1 fully saturated rings. The molecule has 0 aliphatic carbocycles. The minimum atomic E-state index is -3.64. The highest BCUT2D eigenvalue weighted by atomic mass is 32.2. The van der Waals surface area contributed by atoms with Crippen LogP contribution in [0.5, 0.6) is 0 Å². The van der Waals surface area contributed by atoms with E-state index in [0.717, 1.165) is 0 Å². The van der Waals surface area contributed by atoms with E-state index in [9.17, 15) is 13.2 Å². The Bertz CT molecular complexity index is 613. The molecule has 1 saturated heterocycles. The van der Waals surface area contributed by atoms with Crippen molar-refractivity contribution in [2.75, 3.05) is 32.1 Å². The van der Waals surface area contributed by atoms with Gasteiger partial charge in [-0.15, -0.1) is 0 Å². The highest BCUT2D eigenvalue weighted by molar-refractivity contribution is 7.89. The number of anilines is 1. The summed E-state index contributed by atoms with van der Waals surface area (Å²) in [6, 6.07) is 2.84. The molecule has 0 radical (unpaired) electrons. The predicted octanol–water partition coefficient (Wildman–Crippen LogP) is 0.0467. The van der Waals surface area contributed by atoms with Gasteiger partial charge >= 0.3 is 0 Å². The second-order valence-corrected chi connectivity index (χ2v) is 7.16. The number of nitrogens with one attached hydrogen (secondary N) is 1. The van der Waals surface area contributed by atoms with E-state index >= 15 is 0 Å². The number of sulfonamides is 1.